The maximum atomic E-state index is 6.36. The van der Waals surface area contributed by atoms with Crippen LogP contribution in [0.15, 0.2) is 209 Å². The Morgan fingerprint density at radius 1 is 0.368 bits per heavy atom. The van der Waals surface area contributed by atoms with Crippen LogP contribution >= 0.6 is 0 Å². The van der Waals surface area contributed by atoms with Crippen LogP contribution in [0.25, 0.3) is 88.5 Å². The summed E-state index contributed by atoms with van der Waals surface area (Å²) in [6.07, 6.45) is 5.64. The van der Waals surface area contributed by atoms with E-state index in [-0.39, 0.29) is 0 Å². The van der Waals surface area contributed by atoms with Gasteiger partial charge in [0, 0.05) is 62.9 Å². The molecule has 4 heterocycles. The number of aromatic nitrogens is 2. The van der Waals surface area contributed by atoms with Crippen molar-refractivity contribution in [2.75, 3.05) is 4.90 Å². The van der Waals surface area contributed by atoms with Gasteiger partial charge in [0.2, 0.25) is 0 Å². The average Bonchev–Trinajstić information content (AvgIpc) is 3.87. The first-order chi connectivity index (χ1) is 28.2. The molecule has 5 heteroatoms. The van der Waals surface area contributed by atoms with E-state index in [1.54, 1.807) is 0 Å². The van der Waals surface area contributed by atoms with Gasteiger partial charge in [-0.15, -0.1) is 0 Å². The average molecular weight is 732 g/mol. The minimum atomic E-state index is 0.791. The fourth-order valence-electron chi connectivity index (χ4n) is 8.02. The molecule has 0 bridgehead atoms. The number of pyridine rings is 2. The van der Waals surface area contributed by atoms with E-state index in [2.05, 4.69) is 154 Å². The Balaban J connectivity index is 0.986. The second kappa shape index (κ2) is 13.5. The van der Waals surface area contributed by atoms with Gasteiger partial charge in [-0.3, -0.25) is 9.97 Å². The van der Waals surface area contributed by atoms with Crippen molar-refractivity contribution in [2.45, 2.75) is 0 Å². The molecule has 0 fully saturated rings. The van der Waals surface area contributed by atoms with E-state index in [1.807, 2.05) is 61.1 Å². The van der Waals surface area contributed by atoms with Gasteiger partial charge >= 0.3 is 0 Å². The van der Waals surface area contributed by atoms with Gasteiger partial charge < -0.3 is 13.7 Å². The molecule has 4 aromatic heterocycles. The van der Waals surface area contributed by atoms with Crippen molar-refractivity contribution in [3.8, 4) is 44.5 Å². The van der Waals surface area contributed by atoms with Gasteiger partial charge in [-0.05, 0) is 100 Å². The second-order valence-electron chi connectivity index (χ2n) is 14.2. The van der Waals surface area contributed by atoms with Crippen LogP contribution < -0.4 is 4.90 Å². The van der Waals surface area contributed by atoms with Gasteiger partial charge in [-0.2, -0.15) is 0 Å². The number of nitrogens with zero attached hydrogens (tertiary/aromatic N) is 3. The Kier molecular flexibility index (Phi) is 7.74. The van der Waals surface area contributed by atoms with E-state index >= 15 is 0 Å². The lowest BCUT2D eigenvalue weighted by molar-refractivity contribution is 0.669. The minimum absolute atomic E-state index is 0.791. The van der Waals surface area contributed by atoms with E-state index in [0.717, 1.165) is 88.9 Å². The molecule has 0 saturated carbocycles. The number of hydrogen-bond donors (Lipinski definition) is 0. The van der Waals surface area contributed by atoms with Crippen LogP contribution in [0.2, 0.25) is 0 Å². The van der Waals surface area contributed by atoms with Gasteiger partial charge in [-0.25, -0.2) is 0 Å². The number of furan rings is 2. The number of benzene rings is 7. The summed E-state index contributed by atoms with van der Waals surface area (Å²) in [7, 11) is 0. The van der Waals surface area contributed by atoms with Crippen LogP contribution in [0.3, 0.4) is 0 Å². The van der Waals surface area contributed by atoms with E-state index in [0.29, 0.717) is 0 Å². The van der Waals surface area contributed by atoms with Crippen LogP contribution in [0, 0.1) is 0 Å². The molecule has 0 spiro atoms. The lowest BCUT2D eigenvalue weighted by atomic mass is 9.98. The number of para-hydroxylation sites is 2. The molecule has 5 nitrogen and oxygen atoms in total. The fraction of sp³-hybridized carbons (Fsp3) is 0. The van der Waals surface area contributed by atoms with Crippen molar-refractivity contribution in [3.63, 3.8) is 0 Å². The Hall–Kier alpha value is -7.76. The number of hydrogen-bond acceptors (Lipinski definition) is 5. The van der Waals surface area contributed by atoms with Crippen LogP contribution in [0.5, 0.6) is 0 Å². The van der Waals surface area contributed by atoms with E-state index < -0.39 is 0 Å². The van der Waals surface area contributed by atoms with Gasteiger partial charge in [0.25, 0.3) is 0 Å². The van der Waals surface area contributed by atoms with E-state index in [4.69, 9.17) is 8.83 Å². The Bertz CT molecular complexity index is 3060. The smallest absolute Gasteiger partial charge is 0.161 e. The molecule has 0 radical (unpaired) electrons. The maximum Gasteiger partial charge on any atom is 0.161 e. The standard InChI is InChI=1S/C52H33N3O2/c1-2-9-34(10-3-1)38-11-8-12-39(31-38)35-17-23-40(24-18-35)55(41-25-19-36(20-26-41)43-29-30-54-50-45-14-5-7-16-49(45)57-52(43)50)42-27-21-37(22-28-42)46-32-53-33-47-44-13-4-6-15-48(44)56-51(46)47/h1-33H. The number of rotatable bonds is 7. The Labute approximate surface area is 328 Å². The molecule has 11 aromatic rings. The summed E-state index contributed by atoms with van der Waals surface area (Å²) in [5.41, 5.74) is 16.1. The number of anilines is 3. The van der Waals surface area contributed by atoms with Gasteiger partial charge in [0.1, 0.15) is 22.3 Å². The molecular weight excluding hydrogens is 699 g/mol. The molecule has 0 amide bonds. The van der Waals surface area contributed by atoms with Gasteiger partial charge in [-0.1, -0.05) is 115 Å². The van der Waals surface area contributed by atoms with Crippen molar-refractivity contribution in [1.29, 1.82) is 0 Å². The van der Waals surface area contributed by atoms with E-state index in [1.165, 1.54) is 16.7 Å². The minimum Gasteiger partial charge on any atom is -0.455 e. The highest BCUT2D eigenvalue weighted by atomic mass is 16.3. The zero-order valence-electron chi connectivity index (χ0n) is 30.7. The summed E-state index contributed by atoms with van der Waals surface area (Å²) in [6.45, 7) is 0. The second-order valence-corrected chi connectivity index (χ2v) is 14.2. The van der Waals surface area contributed by atoms with Gasteiger partial charge in [0.15, 0.2) is 5.58 Å². The highest BCUT2D eigenvalue weighted by Gasteiger charge is 2.18. The lowest BCUT2D eigenvalue weighted by Gasteiger charge is -2.26. The van der Waals surface area contributed by atoms with Crippen LogP contribution in [-0.2, 0) is 0 Å². The zero-order valence-corrected chi connectivity index (χ0v) is 30.7. The SMILES string of the molecule is c1ccc(-c2cccc(-c3ccc(N(c4ccc(-c5cncc6c5oc5ccccc56)cc4)c4ccc(-c5ccnc6c5oc5ccccc56)cc4)cc3)c2)cc1. The van der Waals surface area contributed by atoms with Crippen LogP contribution in [-0.4, -0.2) is 9.97 Å². The third-order valence-electron chi connectivity index (χ3n) is 10.8. The molecule has 0 aliphatic carbocycles. The summed E-state index contributed by atoms with van der Waals surface area (Å²) in [4.78, 5) is 11.6. The van der Waals surface area contributed by atoms with Crippen molar-refractivity contribution in [3.05, 3.63) is 201 Å². The molecule has 268 valence electrons. The third kappa shape index (κ3) is 5.72. The molecule has 57 heavy (non-hydrogen) atoms. The molecule has 11 rings (SSSR count). The monoisotopic (exact) mass is 731 g/mol. The first kappa shape index (κ1) is 32.7. The maximum absolute atomic E-state index is 6.36. The highest BCUT2D eigenvalue weighted by molar-refractivity contribution is 6.09. The molecule has 0 aliphatic heterocycles. The third-order valence-corrected chi connectivity index (χ3v) is 10.8. The molecule has 0 atom stereocenters. The zero-order chi connectivity index (χ0) is 37.7. The normalized spacial score (nSPS) is 11.5. The number of fused-ring (bicyclic) bond motifs is 6. The quantitative estimate of drug-likeness (QED) is 0.163. The lowest BCUT2D eigenvalue weighted by Crippen LogP contribution is -2.09. The van der Waals surface area contributed by atoms with Gasteiger partial charge in [0.05, 0.1) is 0 Å². The highest BCUT2D eigenvalue weighted by Crippen LogP contribution is 2.41. The summed E-state index contributed by atoms with van der Waals surface area (Å²) in [6, 6.07) is 63.6. The predicted molar refractivity (Wildman–Crippen MR) is 233 cm³/mol. The Morgan fingerprint density at radius 3 is 1.58 bits per heavy atom. The van der Waals surface area contributed by atoms with Crippen molar-refractivity contribution in [2.24, 2.45) is 0 Å². The molecular formula is C52H33N3O2. The molecule has 0 N–H and O–H groups in total. The van der Waals surface area contributed by atoms with E-state index in [9.17, 15) is 0 Å². The van der Waals surface area contributed by atoms with Crippen molar-refractivity contribution >= 4 is 61.1 Å². The summed E-state index contributed by atoms with van der Waals surface area (Å²) < 4.78 is 12.7. The fourth-order valence-corrected chi connectivity index (χ4v) is 8.02. The molecule has 0 saturated heterocycles. The predicted octanol–water partition coefficient (Wildman–Crippen LogP) is 14.4. The molecule has 0 aliphatic rings. The first-order valence-electron chi connectivity index (χ1n) is 19.0. The summed E-state index contributed by atoms with van der Waals surface area (Å²) in [5.74, 6) is 0. The van der Waals surface area contributed by atoms with Crippen LogP contribution in [0.1, 0.15) is 0 Å². The Morgan fingerprint density at radius 2 is 0.895 bits per heavy atom. The first-order valence-corrected chi connectivity index (χ1v) is 19.0. The molecule has 0 unspecified atom stereocenters. The molecule has 7 aromatic carbocycles. The largest absolute Gasteiger partial charge is 0.455 e. The van der Waals surface area contributed by atoms with Crippen molar-refractivity contribution in [1.82, 2.24) is 9.97 Å². The van der Waals surface area contributed by atoms with Crippen LogP contribution in [0.4, 0.5) is 17.1 Å². The topological polar surface area (TPSA) is 55.3 Å². The summed E-state index contributed by atoms with van der Waals surface area (Å²) in [5, 5.41) is 3.09. The van der Waals surface area contributed by atoms with Crippen molar-refractivity contribution < 1.29 is 8.83 Å². The summed E-state index contributed by atoms with van der Waals surface area (Å²) >= 11 is 0.